The van der Waals surface area contributed by atoms with Gasteiger partial charge in [-0.15, -0.1) is 0 Å². The van der Waals surface area contributed by atoms with Crippen molar-refractivity contribution in [3.63, 3.8) is 0 Å². The van der Waals surface area contributed by atoms with Gasteiger partial charge in [0.05, 0.1) is 11.6 Å². The Labute approximate surface area is 110 Å². The highest BCUT2D eigenvalue weighted by molar-refractivity contribution is 6.30. The molecule has 6 heteroatoms. The third kappa shape index (κ3) is 2.15. The predicted octanol–water partition coefficient (Wildman–Crippen LogP) is 0.830. The molecule has 2 aliphatic rings. The molecule has 96 valence electrons. The van der Waals surface area contributed by atoms with E-state index in [4.69, 9.17) is 16.3 Å². The summed E-state index contributed by atoms with van der Waals surface area (Å²) in [4.78, 5) is 17.6. The maximum atomic E-state index is 11.1. The number of carbonyl (C=O) groups is 1. The van der Waals surface area contributed by atoms with Gasteiger partial charge in [-0.05, 0) is 18.6 Å². The van der Waals surface area contributed by atoms with Crippen LogP contribution in [0.5, 0.6) is 0 Å². The molecule has 18 heavy (non-hydrogen) atoms. The molecule has 5 nitrogen and oxygen atoms in total. The first-order valence-corrected chi connectivity index (χ1v) is 6.32. The lowest BCUT2D eigenvalue weighted by atomic mass is 10.0. The van der Waals surface area contributed by atoms with Gasteiger partial charge in [0.1, 0.15) is 18.0 Å². The van der Waals surface area contributed by atoms with Crippen LogP contribution < -0.4 is 10.2 Å². The number of aromatic nitrogens is 1. The zero-order valence-corrected chi connectivity index (χ0v) is 10.6. The van der Waals surface area contributed by atoms with Crippen molar-refractivity contribution in [2.24, 2.45) is 0 Å². The summed E-state index contributed by atoms with van der Waals surface area (Å²) in [5, 5.41) is 3.50. The summed E-state index contributed by atoms with van der Waals surface area (Å²) in [5.41, 5.74) is -0.255. The number of morpholine rings is 1. The number of hydrogen-bond acceptors (Lipinski definition) is 4. The van der Waals surface area contributed by atoms with Gasteiger partial charge >= 0.3 is 0 Å². The Morgan fingerprint density at radius 1 is 1.50 bits per heavy atom. The molecule has 0 bridgehead atoms. The molecular weight excluding hydrogens is 254 g/mol. The third-order valence-electron chi connectivity index (χ3n) is 3.47. The molecule has 2 fully saturated rings. The second kappa shape index (κ2) is 4.40. The molecule has 1 unspecified atom stereocenters. The summed E-state index contributed by atoms with van der Waals surface area (Å²) in [6.07, 6.45) is 2.54. The zero-order valence-electron chi connectivity index (χ0n) is 9.86. The lowest BCUT2D eigenvalue weighted by Gasteiger charge is -2.33. The molecule has 0 aromatic carbocycles. The summed E-state index contributed by atoms with van der Waals surface area (Å²) in [5.74, 6) is 0.862. The fourth-order valence-corrected chi connectivity index (χ4v) is 2.55. The minimum Gasteiger partial charge on any atom is -0.361 e. The first-order valence-electron chi connectivity index (χ1n) is 5.94. The SMILES string of the molecule is O=C1COC2(CCN(c3ccc(Cl)cn3)C2)CN1. The standard InChI is InChI=1S/C12H14ClN3O2/c13-9-1-2-10(14-5-9)16-4-3-12(8-16)7-15-11(17)6-18-12/h1-2,5H,3-4,6-8H2,(H,15,17). The number of anilines is 1. The maximum Gasteiger partial charge on any atom is 0.246 e. The summed E-state index contributed by atoms with van der Waals surface area (Å²) in [6.45, 7) is 2.37. The van der Waals surface area contributed by atoms with E-state index in [1.54, 1.807) is 6.20 Å². The lowest BCUT2D eigenvalue weighted by molar-refractivity contribution is -0.141. The van der Waals surface area contributed by atoms with Gasteiger partial charge in [0.15, 0.2) is 0 Å². The van der Waals surface area contributed by atoms with Gasteiger partial charge in [-0.2, -0.15) is 0 Å². The molecule has 1 atom stereocenters. The number of halogens is 1. The van der Waals surface area contributed by atoms with Gasteiger partial charge in [-0.3, -0.25) is 4.79 Å². The van der Waals surface area contributed by atoms with Crippen LogP contribution in [-0.2, 0) is 9.53 Å². The van der Waals surface area contributed by atoms with E-state index in [0.717, 1.165) is 25.3 Å². The van der Waals surface area contributed by atoms with E-state index in [2.05, 4.69) is 15.2 Å². The fraction of sp³-hybridized carbons (Fsp3) is 0.500. The van der Waals surface area contributed by atoms with Crippen molar-refractivity contribution in [1.29, 1.82) is 0 Å². The van der Waals surface area contributed by atoms with Crippen LogP contribution in [0.15, 0.2) is 18.3 Å². The highest BCUT2D eigenvalue weighted by Crippen LogP contribution is 2.29. The van der Waals surface area contributed by atoms with Gasteiger partial charge in [-0.1, -0.05) is 11.6 Å². The van der Waals surface area contributed by atoms with Crippen molar-refractivity contribution >= 4 is 23.3 Å². The molecule has 2 saturated heterocycles. The zero-order chi connectivity index (χ0) is 12.6. The molecule has 1 aromatic rings. The molecular formula is C12H14ClN3O2. The minimum atomic E-state index is -0.255. The van der Waals surface area contributed by atoms with E-state index in [-0.39, 0.29) is 18.1 Å². The Hall–Kier alpha value is -1.33. The third-order valence-corrected chi connectivity index (χ3v) is 3.69. The monoisotopic (exact) mass is 267 g/mol. The molecule has 2 aliphatic heterocycles. The number of pyridine rings is 1. The number of carbonyl (C=O) groups excluding carboxylic acids is 1. The van der Waals surface area contributed by atoms with Crippen molar-refractivity contribution in [2.45, 2.75) is 12.0 Å². The second-order valence-electron chi connectivity index (χ2n) is 4.75. The van der Waals surface area contributed by atoms with Crippen LogP contribution in [0.25, 0.3) is 0 Å². The molecule has 1 N–H and O–H groups in total. The second-order valence-corrected chi connectivity index (χ2v) is 5.19. The highest BCUT2D eigenvalue weighted by atomic mass is 35.5. The summed E-state index contributed by atoms with van der Waals surface area (Å²) < 4.78 is 5.71. The van der Waals surface area contributed by atoms with E-state index in [1.807, 2.05) is 12.1 Å². The van der Waals surface area contributed by atoms with Crippen molar-refractivity contribution < 1.29 is 9.53 Å². The first kappa shape index (κ1) is 11.7. The van der Waals surface area contributed by atoms with Crippen molar-refractivity contribution in [3.8, 4) is 0 Å². The topological polar surface area (TPSA) is 54.5 Å². The van der Waals surface area contributed by atoms with Crippen LogP contribution in [-0.4, -0.2) is 42.7 Å². The number of hydrogen-bond donors (Lipinski definition) is 1. The van der Waals surface area contributed by atoms with Crippen LogP contribution in [0.4, 0.5) is 5.82 Å². The van der Waals surface area contributed by atoms with Gasteiger partial charge in [0, 0.05) is 19.3 Å². The Bertz CT molecular complexity index is 453. The minimum absolute atomic E-state index is 0.0382. The highest BCUT2D eigenvalue weighted by Gasteiger charge is 2.42. The van der Waals surface area contributed by atoms with Crippen LogP contribution in [0.2, 0.25) is 5.02 Å². The van der Waals surface area contributed by atoms with Gasteiger partial charge in [0.2, 0.25) is 5.91 Å². The average molecular weight is 268 g/mol. The first-order chi connectivity index (χ1) is 8.67. The van der Waals surface area contributed by atoms with E-state index in [0.29, 0.717) is 11.6 Å². The van der Waals surface area contributed by atoms with E-state index in [1.165, 1.54) is 0 Å². The number of rotatable bonds is 1. The Balaban J connectivity index is 1.71. The number of nitrogens with one attached hydrogen (secondary N) is 1. The van der Waals surface area contributed by atoms with E-state index < -0.39 is 0 Å². The molecule has 3 rings (SSSR count). The van der Waals surface area contributed by atoms with Crippen LogP contribution in [0.3, 0.4) is 0 Å². The quantitative estimate of drug-likeness (QED) is 0.819. The van der Waals surface area contributed by atoms with Crippen molar-refractivity contribution in [2.75, 3.05) is 31.1 Å². The van der Waals surface area contributed by atoms with E-state index in [9.17, 15) is 4.79 Å². The van der Waals surface area contributed by atoms with Crippen LogP contribution in [0.1, 0.15) is 6.42 Å². The number of nitrogens with zero attached hydrogens (tertiary/aromatic N) is 2. The van der Waals surface area contributed by atoms with E-state index >= 15 is 0 Å². The Kier molecular flexibility index (Phi) is 2.87. The van der Waals surface area contributed by atoms with Crippen LogP contribution in [0, 0.1) is 0 Å². The largest absolute Gasteiger partial charge is 0.361 e. The molecule has 1 aromatic heterocycles. The Morgan fingerprint density at radius 2 is 2.39 bits per heavy atom. The van der Waals surface area contributed by atoms with Crippen LogP contribution >= 0.6 is 11.6 Å². The smallest absolute Gasteiger partial charge is 0.246 e. The van der Waals surface area contributed by atoms with Gasteiger partial charge < -0.3 is 15.0 Å². The molecule has 0 saturated carbocycles. The molecule has 1 spiro atoms. The average Bonchev–Trinajstić information content (AvgIpc) is 2.79. The molecule has 0 aliphatic carbocycles. The molecule has 3 heterocycles. The normalized spacial score (nSPS) is 27.6. The molecule has 1 amide bonds. The van der Waals surface area contributed by atoms with Crippen molar-refractivity contribution in [1.82, 2.24) is 10.3 Å². The Morgan fingerprint density at radius 3 is 3.06 bits per heavy atom. The van der Waals surface area contributed by atoms with Gasteiger partial charge in [-0.25, -0.2) is 4.98 Å². The lowest BCUT2D eigenvalue weighted by Crippen LogP contribution is -2.53. The summed E-state index contributed by atoms with van der Waals surface area (Å²) in [6, 6.07) is 3.74. The number of ether oxygens (including phenoxy) is 1. The fourth-order valence-electron chi connectivity index (χ4n) is 2.44. The maximum absolute atomic E-state index is 11.1. The van der Waals surface area contributed by atoms with Gasteiger partial charge in [0.25, 0.3) is 0 Å². The summed E-state index contributed by atoms with van der Waals surface area (Å²) in [7, 11) is 0. The molecule has 0 radical (unpaired) electrons. The van der Waals surface area contributed by atoms with Crippen molar-refractivity contribution in [3.05, 3.63) is 23.4 Å². The predicted molar refractivity (Wildman–Crippen MR) is 67.8 cm³/mol. The summed E-state index contributed by atoms with van der Waals surface area (Å²) >= 11 is 5.82. The number of amides is 1.